The smallest absolute Gasteiger partial charge is 0.128 e. The molecule has 1 unspecified atom stereocenters. The summed E-state index contributed by atoms with van der Waals surface area (Å²) in [5, 5.41) is 12.2. The van der Waals surface area contributed by atoms with Crippen LogP contribution in [-0.4, -0.2) is 17.8 Å². The van der Waals surface area contributed by atoms with Crippen molar-refractivity contribution >= 4 is 0 Å². The van der Waals surface area contributed by atoms with Crippen molar-refractivity contribution in [3.05, 3.63) is 35.4 Å². The molecule has 2 nitrogen and oxygen atoms in total. The minimum absolute atomic E-state index is 0.199. The third-order valence-electron chi connectivity index (χ3n) is 2.53. The van der Waals surface area contributed by atoms with Crippen molar-refractivity contribution in [3.63, 3.8) is 0 Å². The number of aliphatic hydroxyl groups excluding tert-OH is 1. The highest BCUT2D eigenvalue weighted by Crippen LogP contribution is 2.25. The lowest BCUT2D eigenvalue weighted by atomic mass is 10.1. The molecule has 1 aromatic rings. The molecule has 0 radical (unpaired) electrons. The highest BCUT2D eigenvalue weighted by Gasteiger charge is 2.26. The highest BCUT2D eigenvalue weighted by atomic mass is 19.1. The second-order valence-corrected chi connectivity index (χ2v) is 3.84. The van der Waals surface area contributed by atoms with Gasteiger partial charge in [0.15, 0.2) is 0 Å². The molecule has 0 amide bonds. The average molecular weight is 213 g/mol. The van der Waals surface area contributed by atoms with Gasteiger partial charge in [-0.1, -0.05) is 0 Å². The van der Waals surface area contributed by atoms with E-state index in [9.17, 15) is 8.78 Å². The molecule has 0 spiro atoms. The van der Waals surface area contributed by atoms with Gasteiger partial charge < -0.3 is 10.4 Å². The Morgan fingerprint density at radius 1 is 1.40 bits per heavy atom. The van der Waals surface area contributed by atoms with E-state index in [1.807, 2.05) is 0 Å². The van der Waals surface area contributed by atoms with Gasteiger partial charge in [0.25, 0.3) is 0 Å². The third kappa shape index (κ3) is 2.52. The van der Waals surface area contributed by atoms with Crippen LogP contribution in [0.3, 0.4) is 0 Å². The number of aliphatic hydroxyl groups is 1. The Labute approximate surface area is 86.9 Å². The molecule has 1 aliphatic carbocycles. The van der Waals surface area contributed by atoms with Crippen LogP contribution >= 0.6 is 0 Å². The predicted octanol–water partition coefficient (Wildman–Crippen LogP) is 1.75. The van der Waals surface area contributed by atoms with Crippen LogP contribution in [0.15, 0.2) is 18.2 Å². The van der Waals surface area contributed by atoms with E-state index in [1.165, 1.54) is 0 Å². The summed E-state index contributed by atoms with van der Waals surface area (Å²) in [6.07, 6.45) is 2.07. The lowest BCUT2D eigenvalue weighted by Crippen LogP contribution is -2.27. The Bertz CT molecular complexity index is 352. The molecule has 15 heavy (non-hydrogen) atoms. The molecule has 0 aliphatic heterocycles. The molecule has 82 valence electrons. The summed E-state index contributed by atoms with van der Waals surface area (Å²) in [6, 6.07) is 3.12. The van der Waals surface area contributed by atoms with E-state index in [4.69, 9.17) is 5.11 Å². The molecule has 4 heteroatoms. The molecular formula is C11H13F2NO. The summed E-state index contributed by atoms with van der Waals surface area (Å²) in [5.74, 6) is -0.967. The van der Waals surface area contributed by atoms with Crippen molar-refractivity contribution in [2.75, 3.05) is 6.61 Å². The van der Waals surface area contributed by atoms with Gasteiger partial charge in [0, 0.05) is 11.6 Å². The van der Waals surface area contributed by atoms with Gasteiger partial charge in [-0.25, -0.2) is 8.78 Å². The fourth-order valence-electron chi connectivity index (χ4n) is 1.56. The van der Waals surface area contributed by atoms with Gasteiger partial charge >= 0.3 is 0 Å². The Balaban J connectivity index is 2.19. The standard InChI is InChI=1S/C11H13F2NO/c12-7-1-4-10(13)9(5-7)11(6-15)14-8-2-3-8/h1,4-5,8,11,14-15H,2-3,6H2. The summed E-state index contributed by atoms with van der Waals surface area (Å²) < 4.78 is 26.3. The van der Waals surface area contributed by atoms with Gasteiger partial charge in [-0.3, -0.25) is 0 Å². The molecule has 0 saturated heterocycles. The van der Waals surface area contributed by atoms with Crippen molar-refractivity contribution < 1.29 is 13.9 Å². The molecule has 1 aromatic carbocycles. The minimum atomic E-state index is -0.506. The molecule has 0 heterocycles. The lowest BCUT2D eigenvalue weighted by molar-refractivity contribution is 0.240. The van der Waals surface area contributed by atoms with Crippen molar-refractivity contribution in [1.29, 1.82) is 0 Å². The van der Waals surface area contributed by atoms with E-state index in [1.54, 1.807) is 0 Å². The van der Waals surface area contributed by atoms with Crippen molar-refractivity contribution in [3.8, 4) is 0 Å². The molecule has 1 saturated carbocycles. The van der Waals surface area contributed by atoms with Crippen LogP contribution in [0.1, 0.15) is 24.4 Å². The maximum absolute atomic E-state index is 13.4. The molecule has 2 N–H and O–H groups in total. The Morgan fingerprint density at radius 3 is 2.73 bits per heavy atom. The van der Waals surface area contributed by atoms with E-state index in [2.05, 4.69) is 5.32 Å². The van der Waals surface area contributed by atoms with E-state index in [0.717, 1.165) is 31.0 Å². The van der Waals surface area contributed by atoms with Crippen LogP contribution in [0.2, 0.25) is 0 Å². The van der Waals surface area contributed by atoms with E-state index in [-0.39, 0.29) is 12.2 Å². The fourth-order valence-corrected chi connectivity index (χ4v) is 1.56. The normalized spacial score (nSPS) is 17.8. The maximum atomic E-state index is 13.4. The number of halogens is 2. The molecule has 0 aromatic heterocycles. The zero-order chi connectivity index (χ0) is 10.8. The van der Waals surface area contributed by atoms with Gasteiger partial charge in [0.1, 0.15) is 11.6 Å². The van der Waals surface area contributed by atoms with Crippen molar-refractivity contribution in [2.45, 2.75) is 24.9 Å². The monoisotopic (exact) mass is 213 g/mol. The number of benzene rings is 1. The topological polar surface area (TPSA) is 32.3 Å². The molecule has 0 bridgehead atoms. The first-order valence-electron chi connectivity index (χ1n) is 5.02. The number of hydrogen-bond donors (Lipinski definition) is 2. The van der Waals surface area contributed by atoms with Crippen LogP contribution in [0.25, 0.3) is 0 Å². The van der Waals surface area contributed by atoms with Crippen molar-refractivity contribution in [2.24, 2.45) is 0 Å². The first kappa shape index (κ1) is 10.5. The quantitative estimate of drug-likeness (QED) is 0.798. The SMILES string of the molecule is OCC(NC1CC1)c1cc(F)ccc1F. The van der Waals surface area contributed by atoms with Crippen LogP contribution < -0.4 is 5.32 Å². The van der Waals surface area contributed by atoms with Crippen LogP contribution in [0.5, 0.6) is 0 Å². The second kappa shape index (κ2) is 4.24. The first-order chi connectivity index (χ1) is 7.20. The van der Waals surface area contributed by atoms with Crippen LogP contribution in [0.4, 0.5) is 8.78 Å². The molecule has 1 fully saturated rings. The zero-order valence-electron chi connectivity index (χ0n) is 8.21. The molecule has 2 rings (SSSR count). The zero-order valence-corrected chi connectivity index (χ0v) is 8.21. The van der Waals surface area contributed by atoms with Gasteiger partial charge in [0.2, 0.25) is 0 Å². The molecular weight excluding hydrogens is 200 g/mol. The van der Waals surface area contributed by atoms with Gasteiger partial charge in [0.05, 0.1) is 12.6 Å². The third-order valence-corrected chi connectivity index (χ3v) is 2.53. The predicted molar refractivity (Wildman–Crippen MR) is 52.3 cm³/mol. The van der Waals surface area contributed by atoms with E-state index < -0.39 is 17.7 Å². The van der Waals surface area contributed by atoms with E-state index >= 15 is 0 Å². The highest BCUT2D eigenvalue weighted by molar-refractivity contribution is 5.22. The summed E-state index contributed by atoms with van der Waals surface area (Å²) >= 11 is 0. The van der Waals surface area contributed by atoms with Gasteiger partial charge in [-0.15, -0.1) is 0 Å². The summed E-state index contributed by atoms with van der Waals surface area (Å²) in [7, 11) is 0. The average Bonchev–Trinajstić information content (AvgIpc) is 3.02. The molecule has 1 aliphatic rings. The first-order valence-corrected chi connectivity index (χ1v) is 5.02. The Morgan fingerprint density at radius 2 is 2.13 bits per heavy atom. The summed E-state index contributed by atoms with van der Waals surface area (Å²) in [4.78, 5) is 0. The summed E-state index contributed by atoms with van der Waals surface area (Å²) in [6.45, 7) is -0.225. The van der Waals surface area contributed by atoms with Crippen LogP contribution in [-0.2, 0) is 0 Å². The fraction of sp³-hybridized carbons (Fsp3) is 0.455. The summed E-state index contributed by atoms with van der Waals surface area (Å²) in [5.41, 5.74) is 0.199. The molecule has 1 atom stereocenters. The Hall–Kier alpha value is -1.00. The van der Waals surface area contributed by atoms with Crippen molar-refractivity contribution in [1.82, 2.24) is 5.32 Å². The van der Waals surface area contributed by atoms with E-state index in [0.29, 0.717) is 6.04 Å². The lowest BCUT2D eigenvalue weighted by Gasteiger charge is -2.16. The van der Waals surface area contributed by atoms with Crippen LogP contribution in [0, 0.1) is 11.6 Å². The van der Waals surface area contributed by atoms with Gasteiger partial charge in [-0.05, 0) is 31.0 Å². The number of rotatable bonds is 4. The largest absolute Gasteiger partial charge is 0.394 e. The van der Waals surface area contributed by atoms with Gasteiger partial charge in [-0.2, -0.15) is 0 Å². The number of nitrogens with one attached hydrogen (secondary N) is 1. The second-order valence-electron chi connectivity index (χ2n) is 3.84. The minimum Gasteiger partial charge on any atom is -0.394 e. The maximum Gasteiger partial charge on any atom is 0.128 e. The Kier molecular flexibility index (Phi) is 2.98. The number of hydrogen-bond acceptors (Lipinski definition) is 2.